The molecule has 4 bridgehead atoms. The van der Waals surface area contributed by atoms with Gasteiger partial charge in [0.1, 0.15) is 0 Å². The number of aromatic nitrogens is 3. The fraction of sp³-hybridized carbons (Fsp3) is 0.161. The normalized spacial score (nSPS) is 20.8. The lowest BCUT2D eigenvalue weighted by Crippen LogP contribution is -2.56. The molecule has 4 aliphatic carbocycles. The summed E-state index contributed by atoms with van der Waals surface area (Å²) in [6.07, 6.45) is 7.57. The highest BCUT2D eigenvalue weighted by molar-refractivity contribution is 6.10. The Morgan fingerprint density at radius 3 is 1.27 bits per heavy atom. The molecule has 314 valence electrons. The van der Waals surface area contributed by atoms with Gasteiger partial charge in [0.25, 0.3) is 0 Å². The van der Waals surface area contributed by atoms with Crippen LogP contribution in [-0.4, -0.2) is 15.0 Å². The van der Waals surface area contributed by atoms with Crippen LogP contribution in [0.4, 0.5) is 0 Å². The molecule has 4 fully saturated rings. The maximum atomic E-state index is 9.49. The van der Waals surface area contributed by atoms with Crippen LogP contribution >= 0.6 is 0 Å². The van der Waals surface area contributed by atoms with Crippen molar-refractivity contribution < 1.29 is 0 Å². The molecule has 0 radical (unpaired) electrons. The second-order valence-electron chi connectivity index (χ2n) is 19.4. The molecule has 10 aromatic rings. The Kier molecular flexibility index (Phi) is 8.90. The highest BCUT2D eigenvalue weighted by Crippen LogP contribution is 2.67. The summed E-state index contributed by atoms with van der Waals surface area (Å²) >= 11 is 0. The highest BCUT2D eigenvalue weighted by Gasteiger charge is 2.59. The molecule has 1 heterocycles. The van der Waals surface area contributed by atoms with E-state index in [4.69, 9.17) is 15.0 Å². The smallest absolute Gasteiger partial charge is 0.164 e. The number of hydrogen-bond acceptors (Lipinski definition) is 4. The lowest BCUT2D eigenvalue weighted by atomic mass is 9.41. The van der Waals surface area contributed by atoms with E-state index in [9.17, 15) is 5.26 Å². The Hall–Kier alpha value is -7.74. The van der Waals surface area contributed by atoms with Gasteiger partial charge in [0.2, 0.25) is 0 Å². The fourth-order valence-electron chi connectivity index (χ4n) is 13.3. The minimum absolute atomic E-state index is 0.104. The van der Waals surface area contributed by atoms with Crippen molar-refractivity contribution in [1.29, 1.82) is 5.26 Å². The third-order valence-electron chi connectivity index (χ3n) is 15.5. The molecule has 4 heteroatoms. The van der Waals surface area contributed by atoms with Crippen LogP contribution in [0, 0.1) is 23.2 Å². The summed E-state index contributed by atoms with van der Waals surface area (Å²) in [6.45, 7) is 0. The summed E-state index contributed by atoms with van der Waals surface area (Å²) in [6, 6.07) is 72.2. The third-order valence-corrected chi connectivity index (χ3v) is 15.5. The van der Waals surface area contributed by atoms with Crippen LogP contribution in [-0.2, 0) is 10.8 Å². The van der Waals surface area contributed by atoms with E-state index >= 15 is 0 Å². The predicted molar refractivity (Wildman–Crippen MR) is 269 cm³/mol. The van der Waals surface area contributed by atoms with Crippen molar-refractivity contribution in [3.8, 4) is 62.5 Å². The molecule has 4 aliphatic rings. The monoisotopic (exact) mass is 846 g/mol. The Balaban J connectivity index is 0.922. The highest BCUT2D eigenvalue weighted by atomic mass is 15.0. The van der Waals surface area contributed by atoms with Crippen LogP contribution in [0.5, 0.6) is 0 Å². The number of rotatable bonds is 7. The minimum atomic E-state index is 0.104. The second kappa shape index (κ2) is 15.2. The van der Waals surface area contributed by atoms with Gasteiger partial charge >= 0.3 is 0 Å². The lowest BCUT2D eigenvalue weighted by molar-refractivity contribution is -0.0268. The number of nitrogens with zero attached hydrogens (tertiary/aromatic N) is 4. The number of hydrogen-bond donors (Lipinski definition) is 0. The first-order chi connectivity index (χ1) is 32.5. The summed E-state index contributed by atoms with van der Waals surface area (Å²) in [5.74, 6) is 3.40. The maximum Gasteiger partial charge on any atom is 0.164 e. The molecule has 0 spiro atoms. The first-order valence-electron chi connectivity index (χ1n) is 23.5. The molecular weight excluding hydrogens is 801 g/mol. The van der Waals surface area contributed by atoms with Gasteiger partial charge in [0.05, 0.1) is 11.6 Å². The topological polar surface area (TPSA) is 62.5 Å². The zero-order valence-electron chi connectivity index (χ0n) is 36.7. The van der Waals surface area contributed by atoms with Gasteiger partial charge in [-0.3, -0.25) is 0 Å². The van der Waals surface area contributed by atoms with E-state index in [2.05, 4.69) is 152 Å². The first-order valence-corrected chi connectivity index (χ1v) is 23.5. The maximum absolute atomic E-state index is 9.49. The van der Waals surface area contributed by atoms with Crippen molar-refractivity contribution in [2.45, 2.75) is 49.4 Å². The van der Waals surface area contributed by atoms with E-state index in [1.54, 1.807) is 0 Å². The molecule has 2 unspecified atom stereocenters. The van der Waals surface area contributed by atoms with Crippen molar-refractivity contribution in [2.24, 2.45) is 11.8 Å². The summed E-state index contributed by atoms with van der Waals surface area (Å²) in [7, 11) is 0. The zero-order chi connectivity index (χ0) is 43.8. The molecular formula is C62H46N4. The molecule has 66 heavy (non-hydrogen) atoms. The molecule has 0 amide bonds. The predicted octanol–water partition coefficient (Wildman–Crippen LogP) is 15.3. The number of fused-ring (bicyclic) bond motifs is 3. The first kappa shape index (κ1) is 38.7. The van der Waals surface area contributed by atoms with Crippen LogP contribution in [0.25, 0.3) is 88.7 Å². The average molecular weight is 847 g/mol. The van der Waals surface area contributed by atoms with Crippen molar-refractivity contribution in [3.05, 3.63) is 211 Å². The molecule has 1 aromatic heterocycles. The van der Waals surface area contributed by atoms with Gasteiger partial charge in [-0.05, 0) is 145 Å². The molecule has 4 saturated carbocycles. The van der Waals surface area contributed by atoms with Gasteiger partial charge in [-0.25, -0.2) is 15.0 Å². The number of nitriles is 1. The van der Waals surface area contributed by atoms with Gasteiger partial charge in [-0.1, -0.05) is 176 Å². The van der Waals surface area contributed by atoms with E-state index in [1.807, 2.05) is 48.5 Å². The van der Waals surface area contributed by atoms with Crippen LogP contribution in [0.3, 0.4) is 0 Å². The summed E-state index contributed by atoms with van der Waals surface area (Å²) in [5, 5.41) is 17.2. The molecule has 0 saturated heterocycles. The van der Waals surface area contributed by atoms with Crippen LogP contribution in [0.15, 0.2) is 194 Å². The van der Waals surface area contributed by atoms with Crippen LogP contribution in [0.2, 0.25) is 0 Å². The zero-order valence-corrected chi connectivity index (χ0v) is 36.7. The van der Waals surface area contributed by atoms with E-state index < -0.39 is 0 Å². The van der Waals surface area contributed by atoms with Crippen molar-refractivity contribution >= 4 is 32.3 Å². The standard InChI is InChI=1S/C62H46N4/c63-38-40-23-25-43(26-24-40)46-29-31-56(53-21-11-9-17-47(46)53)61-34-41-33-42(35-61)37-62(36-41,39-61)57-32-30-52(49-19-10-12-22-54(49)57)51-27-28-55(50-20-8-7-18-48(50)51)60-65-58(44-13-3-1-4-14-44)64-59(66-60)45-15-5-2-6-16-45/h1-32,41-42H,33-37,39H2. The summed E-state index contributed by atoms with van der Waals surface area (Å²) in [5.41, 5.74) is 11.8. The van der Waals surface area contributed by atoms with Gasteiger partial charge in [-0.2, -0.15) is 5.26 Å². The van der Waals surface area contributed by atoms with Crippen molar-refractivity contribution in [3.63, 3.8) is 0 Å². The second-order valence-corrected chi connectivity index (χ2v) is 19.4. The molecule has 9 aromatic carbocycles. The van der Waals surface area contributed by atoms with E-state index in [-0.39, 0.29) is 10.8 Å². The summed E-state index contributed by atoms with van der Waals surface area (Å²) in [4.78, 5) is 15.3. The van der Waals surface area contributed by atoms with Gasteiger partial charge in [0, 0.05) is 16.7 Å². The molecule has 2 atom stereocenters. The minimum Gasteiger partial charge on any atom is -0.208 e. The molecule has 0 aliphatic heterocycles. The molecule has 4 nitrogen and oxygen atoms in total. The quantitative estimate of drug-likeness (QED) is 0.160. The van der Waals surface area contributed by atoms with Crippen molar-refractivity contribution in [1.82, 2.24) is 15.0 Å². The Labute approximate surface area is 385 Å². The third kappa shape index (κ3) is 6.22. The molecule has 0 N–H and O–H groups in total. The Bertz CT molecular complexity index is 3500. The van der Waals surface area contributed by atoms with Gasteiger partial charge in [0.15, 0.2) is 17.5 Å². The van der Waals surface area contributed by atoms with E-state index in [0.717, 1.165) is 27.6 Å². The largest absolute Gasteiger partial charge is 0.208 e. The fourth-order valence-corrected chi connectivity index (χ4v) is 13.3. The Morgan fingerprint density at radius 1 is 0.364 bits per heavy atom. The average Bonchev–Trinajstić information content (AvgIpc) is 3.37. The summed E-state index contributed by atoms with van der Waals surface area (Å²) < 4.78 is 0. The SMILES string of the molecule is N#Cc1ccc(-c2ccc(C34CC5CC(C3)CC(c3ccc(-c6ccc(-c7nc(-c8ccccc8)nc(-c8ccccc8)n7)c7ccccc67)c6ccccc36)(C5)C4)c3ccccc23)cc1. The van der Waals surface area contributed by atoms with Gasteiger partial charge in [-0.15, -0.1) is 0 Å². The van der Waals surface area contributed by atoms with Gasteiger partial charge < -0.3 is 0 Å². The van der Waals surface area contributed by atoms with E-state index in [0.29, 0.717) is 34.9 Å². The van der Waals surface area contributed by atoms with Crippen molar-refractivity contribution in [2.75, 3.05) is 0 Å². The molecule has 14 rings (SSSR count). The van der Waals surface area contributed by atoms with Crippen LogP contribution < -0.4 is 0 Å². The van der Waals surface area contributed by atoms with E-state index in [1.165, 1.54) is 93.3 Å². The van der Waals surface area contributed by atoms with Crippen LogP contribution in [0.1, 0.15) is 55.2 Å². The lowest BCUT2D eigenvalue weighted by Gasteiger charge is -2.63. The number of benzene rings is 9. The Morgan fingerprint density at radius 2 is 0.758 bits per heavy atom.